The molecule has 0 saturated carbocycles. The van der Waals surface area contributed by atoms with Crippen LogP contribution in [0.15, 0.2) is 55.1 Å². The molecular weight excluding hydrogens is 282 g/mol. The Bertz CT molecular complexity index is 599. The van der Waals surface area contributed by atoms with Crippen molar-refractivity contribution >= 4 is 5.70 Å². The summed E-state index contributed by atoms with van der Waals surface area (Å²) in [6, 6.07) is 16.8. The van der Waals surface area contributed by atoms with E-state index >= 15 is 0 Å². The van der Waals surface area contributed by atoms with Gasteiger partial charge in [0.1, 0.15) is 5.75 Å². The summed E-state index contributed by atoms with van der Waals surface area (Å²) in [5, 5.41) is 3.39. The van der Waals surface area contributed by atoms with Crippen molar-refractivity contribution < 1.29 is 4.74 Å². The number of hydrogen-bond donors (Lipinski definition) is 1. The van der Waals surface area contributed by atoms with Crippen LogP contribution < -0.4 is 10.1 Å². The lowest BCUT2D eigenvalue weighted by atomic mass is 10.1. The number of nitrogens with one attached hydrogen (secondary N) is 1. The Labute approximate surface area is 140 Å². The SMILES string of the molecule is C=C(NCc1ccc(CC)cc1)c1ccc(OCCCC)cc1. The van der Waals surface area contributed by atoms with Gasteiger partial charge in [0.15, 0.2) is 0 Å². The molecule has 0 saturated heterocycles. The Morgan fingerprint density at radius 3 is 2.22 bits per heavy atom. The number of hydrogen-bond acceptors (Lipinski definition) is 2. The first kappa shape index (κ1) is 17.1. The third-order valence-corrected chi connectivity index (χ3v) is 3.91. The van der Waals surface area contributed by atoms with Crippen LogP contribution >= 0.6 is 0 Å². The van der Waals surface area contributed by atoms with E-state index in [0.717, 1.165) is 49.4 Å². The highest BCUT2D eigenvalue weighted by molar-refractivity contribution is 5.62. The van der Waals surface area contributed by atoms with Crippen LogP contribution in [-0.2, 0) is 13.0 Å². The molecule has 0 amide bonds. The zero-order valence-electron chi connectivity index (χ0n) is 14.3. The Kier molecular flexibility index (Phi) is 6.74. The topological polar surface area (TPSA) is 21.3 Å². The van der Waals surface area contributed by atoms with Gasteiger partial charge in [-0.05, 0) is 53.8 Å². The molecule has 0 radical (unpaired) electrons. The summed E-state index contributed by atoms with van der Waals surface area (Å²) in [6.07, 6.45) is 3.32. The van der Waals surface area contributed by atoms with Crippen LogP contribution in [0.1, 0.15) is 43.4 Å². The second-order valence-corrected chi connectivity index (χ2v) is 5.73. The van der Waals surface area contributed by atoms with Crippen molar-refractivity contribution in [2.24, 2.45) is 0 Å². The quantitative estimate of drug-likeness (QED) is 0.644. The summed E-state index contributed by atoms with van der Waals surface area (Å²) in [5.74, 6) is 0.921. The lowest BCUT2D eigenvalue weighted by Gasteiger charge is -2.11. The molecule has 0 bridgehead atoms. The summed E-state index contributed by atoms with van der Waals surface area (Å²) in [5.41, 5.74) is 4.66. The number of benzene rings is 2. The molecule has 2 heteroatoms. The van der Waals surface area contributed by atoms with Gasteiger partial charge < -0.3 is 10.1 Å². The molecule has 0 spiro atoms. The van der Waals surface area contributed by atoms with E-state index in [4.69, 9.17) is 4.74 Å². The highest BCUT2D eigenvalue weighted by atomic mass is 16.5. The van der Waals surface area contributed by atoms with Gasteiger partial charge in [0.05, 0.1) is 6.61 Å². The van der Waals surface area contributed by atoms with Crippen LogP contribution in [-0.4, -0.2) is 6.61 Å². The van der Waals surface area contributed by atoms with Gasteiger partial charge in [0, 0.05) is 12.2 Å². The molecule has 0 heterocycles. The van der Waals surface area contributed by atoms with Gasteiger partial charge >= 0.3 is 0 Å². The maximum atomic E-state index is 5.68. The zero-order valence-corrected chi connectivity index (χ0v) is 14.3. The largest absolute Gasteiger partial charge is 0.494 e. The summed E-state index contributed by atoms with van der Waals surface area (Å²) in [6.45, 7) is 10.0. The molecule has 2 aromatic carbocycles. The Morgan fingerprint density at radius 1 is 0.957 bits per heavy atom. The number of ether oxygens (including phenoxy) is 1. The van der Waals surface area contributed by atoms with Crippen molar-refractivity contribution in [3.8, 4) is 5.75 Å². The molecule has 0 atom stereocenters. The third kappa shape index (κ3) is 5.48. The fourth-order valence-electron chi connectivity index (χ4n) is 2.29. The van der Waals surface area contributed by atoms with Crippen LogP contribution in [0.25, 0.3) is 5.70 Å². The van der Waals surface area contributed by atoms with E-state index in [2.05, 4.69) is 62.1 Å². The van der Waals surface area contributed by atoms with Gasteiger partial charge in [0.25, 0.3) is 0 Å². The molecule has 0 aliphatic heterocycles. The monoisotopic (exact) mass is 309 g/mol. The summed E-state index contributed by atoms with van der Waals surface area (Å²) in [4.78, 5) is 0. The molecule has 2 nitrogen and oxygen atoms in total. The minimum Gasteiger partial charge on any atom is -0.494 e. The molecule has 1 N–H and O–H groups in total. The molecule has 23 heavy (non-hydrogen) atoms. The lowest BCUT2D eigenvalue weighted by Crippen LogP contribution is -2.10. The minimum absolute atomic E-state index is 0.781. The number of aryl methyl sites for hydroxylation is 1. The molecule has 0 aromatic heterocycles. The van der Waals surface area contributed by atoms with Crippen LogP contribution in [0.3, 0.4) is 0 Å². The predicted octanol–water partition coefficient (Wildman–Crippen LogP) is 5.19. The summed E-state index contributed by atoms with van der Waals surface area (Å²) in [7, 11) is 0. The van der Waals surface area contributed by atoms with Crippen molar-refractivity contribution in [2.45, 2.75) is 39.7 Å². The molecule has 0 aliphatic rings. The number of rotatable bonds is 9. The van der Waals surface area contributed by atoms with Gasteiger partial charge in [-0.2, -0.15) is 0 Å². The highest BCUT2D eigenvalue weighted by Crippen LogP contribution is 2.17. The average Bonchev–Trinajstić information content (AvgIpc) is 2.61. The van der Waals surface area contributed by atoms with Crippen molar-refractivity contribution in [3.63, 3.8) is 0 Å². The minimum atomic E-state index is 0.781. The van der Waals surface area contributed by atoms with Crippen molar-refractivity contribution in [1.29, 1.82) is 0 Å². The highest BCUT2D eigenvalue weighted by Gasteiger charge is 2.01. The smallest absolute Gasteiger partial charge is 0.119 e. The molecule has 0 fully saturated rings. The third-order valence-electron chi connectivity index (χ3n) is 3.91. The van der Waals surface area contributed by atoms with E-state index in [9.17, 15) is 0 Å². The Morgan fingerprint density at radius 2 is 1.61 bits per heavy atom. The molecule has 0 unspecified atom stereocenters. The van der Waals surface area contributed by atoms with E-state index < -0.39 is 0 Å². The summed E-state index contributed by atoms with van der Waals surface area (Å²) < 4.78 is 5.68. The van der Waals surface area contributed by atoms with Gasteiger partial charge in [-0.1, -0.05) is 51.1 Å². The van der Waals surface area contributed by atoms with Crippen molar-refractivity contribution in [2.75, 3.05) is 6.61 Å². The molecule has 0 aliphatic carbocycles. The van der Waals surface area contributed by atoms with E-state index in [1.54, 1.807) is 0 Å². The van der Waals surface area contributed by atoms with E-state index in [-0.39, 0.29) is 0 Å². The fourth-order valence-corrected chi connectivity index (χ4v) is 2.29. The Balaban J connectivity index is 1.84. The normalized spacial score (nSPS) is 10.3. The molecule has 2 rings (SSSR count). The second-order valence-electron chi connectivity index (χ2n) is 5.73. The molecular formula is C21H27NO. The van der Waals surface area contributed by atoms with Gasteiger partial charge in [-0.25, -0.2) is 0 Å². The summed E-state index contributed by atoms with van der Waals surface area (Å²) >= 11 is 0. The van der Waals surface area contributed by atoms with Crippen molar-refractivity contribution in [3.05, 3.63) is 71.8 Å². The van der Waals surface area contributed by atoms with E-state index in [0.29, 0.717) is 0 Å². The van der Waals surface area contributed by atoms with E-state index in [1.807, 2.05) is 12.1 Å². The van der Waals surface area contributed by atoms with Crippen LogP contribution in [0.2, 0.25) is 0 Å². The number of unbranched alkanes of at least 4 members (excludes halogenated alkanes) is 1. The fraction of sp³-hybridized carbons (Fsp3) is 0.333. The van der Waals surface area contributed by atoms with Gasteiger partial charge in [-0.3, -0.25) is 0 Å². The van der Waals surface area contributed by atoms with Crippen LogP contribution in [0.5, 0.6) is 5.75 Å². The predicted molar refractivity (Wildman–Crippen MR) is 98.5 cm³/mol. The first-order valence-electron chi connectivity index (χ1n) is 8.46. The molecule has 122 valence electrons. The maximum Gasteiger partial charge on any atom is 0.119 e. The van der Waals surface area contributed by atoms with Gasteiger partial charge in [0.2, 0.25) is 0 Å². The van der Waals surface area contributed by atoms with E-state index in [1.165, 1.54) is 11.1 Å². The zero-order chi connectivity index (χ0) is 16.5. The first-order chi connectivity index (χ1) is 11.2. The first-order valence-corrected chi connectivity index (χ1v) is 8.46. The standard InChI is InChI=1S/C21H27NO/c1-4-6-15-23-21-13-11-20(12-14-21)17(3)22-16-19-9-7-18(5-2)8-10-19/h7-14,22H,3-6,15-16H2,1-2H3. The van der Waals surface area contributed by atoms with Gasteiger partial charge in [-0.15, -0.1) is 0 Å². The van der Waals surface area contributed by atoms with Crippen LogP contribution in [0.4, 0.5) is 0 Å². The van der Waals surface area contributed by atoms with Crippen molar-refractivity contribution in [1.82, 2.24) is 5.32 Å². The average molecular weight is 309 g/mol. The van der Waals surface area contributed by atoms with Crippen LogP contribution in [0, 0.1) is 0 Å². The lowest BCUT2D eigenvalue weighted by molar-refractivity contribution is 0.309. The maximum absolute atomic E-state index is 5.68. The Hall–Kier alpha value is -2.22. The molecule has 2 aromatic rings. The second kappa shape index (κ2) is 9.04.